The molecule has 0 saturated carbocycles. The number of hydrogen-bond acceptors (Lipinski definition) is 0. The maximum atomic E-state index is 5.63. The van der Waals surface area contributed by atoms with Crippen LogP contribution in [0.4, 0.5) is 0 Å². The average molecular weight is 112 g/mol. The van der Waals surface area contributed by atoms with Crippen molar-refractivity contribution in [1.29, 1.82) is 0 Å². The molecule has 7 heavy (non-hydrogen) atoms. The van der Waals surface area contributed by atoms with Gasteiger partial charge in [-0.15, -0.1) is 0 Å². The zero-order chi connectivity index (χ0) is 6.08. The van der Waals surface area contributed by atoms with Gasteiger partial charge >= 0.3 is 0 Å². The van der Waals surface area contributed by atoms with Gasteiger partial charge in [-0.3, -0.25) is 0 Å². The van der Waals surface area contributed by atoms with Crippen LogP contribution in [0.3, 0.4) is 0 Å². The summed E-state index contributed by atoms with van der Waals surface area (Å²) in [7, 11) is 4.67. The summed E-state index contributed by atoms with van der Waals surface area (Å²) in [6, 6.07) is 0. The lowest BCUT2D eigenvalue weighted by Crippen LogP contribution is -2.25. The second-order valence-corrected chi connectivity index (χ2v) is 8.80. The molecule has 0 amide bonds. The zero-order valence-electron chi connectivity index (χ0n) is 5.65. The molecule has 0 aliphatic heterocycles. The van der Waals surface area contributed by atoms with Crippen LogP contribution in [0.2, 0.25) is 25.1 Å². The van der Waals surface area contributed by atoms with Crippen molar-refractivity contribution < 1.29 is 0 Å². The molecular formula is C5H13BSi. The largest absolute Gasteiger partial charge is 0.0839 e. The van der Waals surface area contributed by atoms with Crippen molar-refractivity contribution >= 4 is 15.9 Å². The summed E-state index contributed by atoms with van der Waals surface area (Å²) in [6.45, 7) is 8.92. The van der Waals surface area contributed by atoms with Crippen molar-refractivity contribution in [3.8, 4) is 0 Å². The number of hydrogen-bond donors (Lipinski definition) is 0. The van der Waals surface area contributed by atoms with Gasteiger partial charge in [0.15, 0.2) is 0 Å². The van der Waals surface area contributed by atoms with Gasteiger partial charge in [0, 0.05) is 8.07 Å². The molecule has 0 nitrogen and oxygen atoms in total. The average Bonchev–Trinajstić information content (AvgIpc) is 1.31. The lowest BCUT2D eigenvalue weighted by Gasteiger charge is -2.20. The summed E-state index contributed by atoms with van der Waals surface area (Å²) in [5.41, 5.74) is 0.437. The Morgan fingerprint density at radius 1 is 1.29 bits per heavy atom. The Balaban J connectivity index is 3.54. The highest BCUT2D eigenvalue weighted by molar-refractivity contribution is 6.82. The van der Waals surface area contributed by atoms with Crippen LogP contribution < -0.4 is 0 Å². The molecule has 1 atom stereocenters. The van der Waals surface area contributed by atoms with Gasteiger partial charge in [-0.2, -0.15) is 0 Å². The van der Waals surface area contributed by atoms with Crippen molar-refractivity contribution in [2.24, 2.45) is 0 Å². The monoisotopic (exact) mass is 112 g/mol. The van der Waals surface area contributed by atoms with Crippen molar-refractivity contribution in [2.45, 2.75) is 32.0 Å². The topological polar surface area (TPSA) is 0 Å². The highest BCUT2D eigenvalue weighted by atomic mass is 28.3. The van der Waals surface area contributed by atoms with Gasteiger partial charge in [0.1, 0.15) is 0 Å². The van der Waals surface area contributed by atoms with Crippen LogP contribution in [0.5, 0.6) is 0 Å². The molecule has 0 spiro atoms. The van der Waals surface area contributed by atoms with Crippen molar-refractivity contribution in [2.75, 3.05) is 0 Å². The summed E-state index contributed by atoms with van der Waals surface area (Å²) in [4.78, 5) is 0. The van der Waals surface area contributed by atoms with E-state index >= 15 is 0 Å². The minimum absolute atomic E-state index is 0.437. The maximum Gasteiger partial charge on any atom is 0.0655 e. The smallest absolute Gasteiger partial charge is 0.0655 e. The molecule has 0 fully saturated rings. The highest BCUT2D eigenvalue weighted by Gasteiger charge is 2.16. The molecule has 0 saturated heterocycles. The van der Waals surface area contributed by atoms with Crippen LogP contribution in [0.15, 0.2) is 0 Å². The molecule has 0 rings (SSSR count). The summed E-state index contributed by atoms with van der Waals surface area (Å²) in [5, 5.41) is 0. The molecule has 0 N–H and O–H groups in total. The molecule has 2 heteroatoms. The third-order valence-electron chi connectivity index (χ3n) is 1.37. The predicted octanol–water partition coefficient (Wildman–Crippen LogP) is 1.84. The van der Waals surface area contributed by atoms with Crippen LogP contribution in [-0.4, -0.2) is 15.9 Å². The van der Waals surface area contributed by atoms with Crippen molar-refractivity contribution in [3.63, 3.8) is 0 Å². The molecule has 0 heterocycles. The standard InChI is InChI=1S/C5H13BSi/c1-5(6)7(2,3)4/h5H,1-4H3. The van der Waals surface area contributed by atoms with E-state index in [1.807, 2.05) is 0 Å². The second kappa shape index (κ2) is 2.03. The summed E-state index contributed by atoms with van der Waals surface area (Å²) < 4.78 is 0. The van der Waals surface area contributed by atoms with E-state index in [1.165, 1.54) is 0 Å². The summed E-state index contributed by atoms with van der Waals surface area (Å²) in [5.74, 6) is 0. The summed E-state index contributed by atoms with van der Waals surface area (Å²) >= 11 is 0. The molecule has 0 aliphatic rings. The fourth-order valence-electron chi connectivity index (χ4n) is 0. The van der Waals surface area contributed by atoms with Gasteiger partial charge in [0.05, 0.1) is 7.85 Å². The van der Waals surface area contributed by atoms with Crippen LogP contribution >= 0.6 is 0 Å². The van der Waals surface area contributed by atoms with Gasteiger partial charge in [0.25, 0.3) is 0 Å². The van der Waals surface area contributed by atoms with E-state index in [2.05, 4.69) is 26.6 Å². The van der Waals surface area contributed by atoms with E-state index in [0.29, 0.717) is 5.44 Å². The van der Waals surface area contributed by atoms with Crippen LogP contribution in [0.1, 0.15) is 6.92 Å². The van der Waals surface area contributed by atoms with Crippen molar-refractivity contribution in [1.82, 2.24) is 0 Å². The Hall–Kier alpha value is 0.282. The Morgan fingerprint density at radius 2 is 1.43 bits per heavy atom. The van der Waals surface area contributed by atoms with Gasteiger partial charge < -0.3 is 0 Å². The molecule has 0 aromatic carbocycles. The van der Waals surface area contributed by atoms with Crippen molar-refractivity contribution in [3.05, 3.63) is 0 Å². The summed E-state index contributed by atoms with van der Waals surface area (Å²) in [6.07, 6.45) is 0. The third kappa shape index (κ3) is 2.92. The molecule has 0 aliphatic carbocycles. The molecule has 1 unspecified atom stereocenters. The maximum absolute atomic E-state index is 5.63. The Bertz CT molecular complexity index is 53.6. The van der Waals surface area contributed by atoms with E-state index in [1.54, 1.807) is 0 Å². The van der Waals surface area contributed by atoms with Gasteiger partial charge in [-0.25, -0.2) is 0 Å². The second-order valence-electron chi connectivity index (χ2n) is 3.15. The molecule has 2 radical (unpaired) electrons. The van der Waals surface area contributed by atoms with Crippen LogP contribution in [0.25, 0.3) is 0 Å². The Morgan fingerprint density at radius 3 is 1.43 bits per heavy atom. The first kappa shape index (κ1) is 7.28. The first-order chi connectivity index (χ1) is 2.94. The molecule has 0 bridgehead atoms. The fraction of sp³-hybridized carbons (Fsp3) is 1.00. The van der Waals surface area contributed by atoms with Crippen LogP contribution in [-0.2, 0) is 0 Å². The quantitative estimate of drug-likeness (QED) is 0.454. The molecule has 0 aromatic rings. The normalized spacial score (nSPS) is 16.6. The first-order valence-corrected chi connectivity index (χ1v) is 6.28. The van der Waals surface area contributed by atoms with Crippen LogP contribution in [0, 0.1) is 0 Å². The SMILES string of the molecule is [B]C(C)[Si](C)(C)C. The molecular weight excluding hydrogens is 99.0 g/mol. The van der Waals surface area contributed by atoms with E-state index in [9.17, 15) is 0 Å². The van der Waals surface area contributed by atoms with E-state index in [4.69, 9.17) is 7.85 Å². The van der Waals surface area contributed by atoms with E-state index in [-0.39, 0.29) is 0 Å². The fourth-order valence-corrected chi connectivity index (χ4v) is 0. The minimum atomic E-state index is -0.957. The minimum Gasteiger partial charge on any atom is -0.0839 e. The van der Waals surface area contributed by atoms with E-state index < -0.39 is 8.07 Å². The Kier molecular flexibility index (Phi) is 2.12. The van der Waals surface area contributed by atoms with Gasteiger partial charge in [-0.05, 0) is 0 Å². The predicted molar refractivity (Wildman–Crippen MR) is 38.5 cm³/mol. The number of rotatable bonds is 1. The molecule has 40 valence electrons. The van der Waals surface area contributed by atoms with E-state index in [0.717, 1.165) is 0 Å². The lowest BCUT2D eigenvalue weighted by molar-refractivity contribution is 1.26. The first-order valence-electron chi connectivity index (χ1n) is 2.70. The zero-order valence-corrected chi connectivity index (χ0v) is 6.65. The van der Waals surface area contributed by atoms with Gasteiger partial charge in [0.2, 0.25) is 0 Å². The lowest BCUT2D eigenvalue weighted by atomic mass is 10.1. The third-order valence-corrected chi connectivity index (χ3v) is 4.10. The molecule has 0 aromatic heterocycles. The highest BCUT2D eigenvalue weighted by Crippen LogP contribution is 2.15. The van der Waals surface area contributed by atoms with Gasteiger partial charge in [-0.1, -0.05) is 32.0 Å². The Labute approximate surface area is 48.7 Å².